The molecular weight excluding hydrogens is 265 g/mol. The highest BCUT2D eigenvalue weighted by Gasteiger charge is 2.17. The van der Waals surface area contributed by atoms with Crippen LogP contribution < -0.4 is 11.1 Å². The number of amidine groups is 1. The van der Waals surface area contributed by atoms with Crippen LogP contribution in [0.1, 0.15) is 21.5 Å². The summed E-state index contributed by atoms with van der Waals surface area (Å²) >= 11 is 0. The minimum absolute atomic E-state index is 0.106. The lowest BCUT2D eigenvalue weighted by Gasteiger charge is -2.07. The first-order valence-electron chi connectivity index (χ1n) is 5.62. The third-order valence-electron chi connectivity index (χ3n) is 2.70. The van der Waals surface area contributed by atoms with Crippen molar-refractivity contribution in [1.82, 2.24) is 10.2 Å². The van der Waals surface area contributed by atoms with Crippen molar-refractivity contribution in [3.8, 4) is 0 Å². The third kappa shape index (κ3) is 2.44. The number of H-pyrrole nitrogens is 1. The summed E-state index contributed by atoms with van der Waals surface area (Å²) in [5.41, 5.74) is 5.88. The van der Waals surface area contributed by atoms with E-state index < -0.39 is 11.7 Å². The Balaban J connectivity index is 2.29. The molecule has 0 bridgehead atoms. The monoisotopic (exact) mass is 277 g/mol. The number of oxime groups is 1. The number of carbonyl (C=O) groups excluding carboxylic acids is 1. The first-order chi connectivity index (χ1) is 9.54. The molecule has 1 amide bonds. The van der Waals surface area contributed by atoms with E-state index in [0.717, 1.165) is 0 Å². The van der Waals surface area contributed by atoms with E-state index in [1.54, 1.807) is 19.1 Å². The lowest BCUT2D eigenvalue weighted by molar-refractivity contribution is 0.102. The molecule has 1 aromatic heterocycles. The van der Waals surface area contributed by atoms with Gasteiger partial charge in [0.05, 0.1) is 17.3 Å². The number of hydrogen-bond acceptors (Lipinski definition) is 4. The average Bonchev–Trinajstić information content (AvgIpc) is 2.89. The molecule has 20 heavy (non-hydrogen) atoms. The highest BCUT2D eigenvalue weighted by molar-refractivity contribution is 6.09. The molecule has 0 aliphatic carbocycles. The SMILES string of the molecule is Cc1cccc(C(=O)Nc2[nH]ncc2/C(N)=N/O)c1F. The van der Waals surface area contributed by atoms with Crippen LogP contribution in [-0.2, 0) is 0 Å². The molecule has 0 fully saturated rings. The van der Waals surface area contributed by atoms with Gasteiger partial charge in [0.15, 0.2) is 5.84 Å². The van der Waals surface area contributed by atoms with Crippen molar-refractivity contribution < 1.29 is 14.4 Å². The zero-order valence-corrected chi connectivity index (χ0v) is 10.5. The number of aromatic nitrogens is 2. The number of amides is 1. The van der Waals surface area contributed by atoms with E-state index in [-0.39, 0.29) is 22.8 Å². The molecule has 0 aliphatic rings. The zero-order chi connectivity index (χ0) is 14.7. The van der Waals surface area contributed by atoms with Gasteiger partial charge in [-0.3, -0.25) is 9.89 Å². The van der Waals surface area contributed by atoms with E-state index in [4.69, 9.17) is 10.9 Å². The van der Waals surface area contributed by atoms with Crippen LogP contribution >= 0.6 is 0 Å². The molecule has 0 atom stereocenters. The van der Waals surface area contributed by atoms with Crippen LogP contribution in [0.2, 0.25) is 0 Å². The number of aromatic amines is 1. The van der Waals surface area contributed by atoms with Gasteiger partial charge in [0.2, 0.25) is 0 Å². The van der Waals surface area contributed by atoms with Crippen molar-refractivity contribution in [3.63, 3.8) is 0 Å². The fourth-order valence-electron chi connectivity index (χ4n) is 1.63. The molecule has 1 aromatic carbocycles. The van der Waals surface area contributed by atoms with Gasteiger partial charge in [0.1, 0.15) is 11.6 Å². The molecule has 2 aromatic rings. The summed E-state index contributed by atoms with van der Waals surface area (Å²) < 4.78 is 13.8. The Bertz CT molecular complexity index is 680. The topological polar surface area (TPSA) is 116 Å². The van der Waals surface area contributed by atoms with Gasteiger partial charge in [0.25, 0.3) is 5.91 Å². The second-order valence-corrected chi connectivity index (χ2v) is 4.03. The molecule has 0 radical (unpaired) electrons. The number of nitrogens with zero attached hydrogens (tertiary/aromatic N) is 2. The number of rotatable bonds is 3. The van der Waals surface area contributed by atoms with E-state index in [1.165, 1.54) is 12.3 Å². The maximum absolute atomic E-state index is 13.8. The van der Waals surface area contributed by atoms with Crippen molar-refractivity contribution in [2.45, 2.75) is 6.92 Å². The average molecular weight is 277 g/mol. The van der Waals surface area contributed by atoms with E-state index in [9.17, 15) is 9.18 Å². The van der Waals surface area contributed by atoms with Crippen LogP contribution in [0, 0.1) is 12.7 Å². The molecule has 7 nitrogen and oxygen atoms in total. The Morgan fingerprint density at radius 2 is 2.25 bits per heavy atom. The molecule has 8 heteroatoms. The minimum atomic E-state index is -0.664. The number of carbonyl (C=O) groups is 1. The third-order valence-corrected chi connectivity index (χ3v) is 2.70. The summed E-state index contributed by atoms with van der Waals surface area (Å²) in [6, 6.07) is 4.49. The van der Waals surface area contributed by atoms with Gasteiger partial charge >= 0.3 is 0 Å². The van der Waals surface area contributed by atoms with E-state index in [2.05, 4.69) is 20.7 Å². The Labute approximate surface area is 113 Å². The van der Waals surface area contributed by atoms with E-state index in [1.807, 2.05) is 0 Å². The molecule has 0 unspecified atom stereocenters. The fraction of sp³-hybridized carbons (Fsp3) is 0.0833. The lowest BCUT2D eigenvalue weighted by Crippen LogP contribution is -2.19. The second-order valence-electron chi connectivity index (χ2n) is 4.03. The molecule has 0 spiro atoms. The molecular formula is C12H12FN5O2. The van der Waals surface area contributed by atoms with Gasteiger partial charge in [0, 0.05) is 0 Å². The quantitative estimate of drug-likeness (QED) is 0.292. The standard InChI is InChI=1S/C12H12FN5O2/c1-6-3-2-4-7(9(6)13)12(19)16-11-8(5-15-17-11)10(14)18-20/h2-5,20H,1H3,(H2,14,18)(H2,15,16,17,19). The fourth-order valence-corrected chi connectivity index (χ4v) is 1.63. The van der Waals surface area contributed by atoms with Crippen LogP contribution in [0.5, 0.6) is 0 Å². The predicted octanol–water partition coefficient (Wildman–Crippen LogP) is 1.20. The predicted molar refractivity (Wildman–Crippen MR) is 70.2 cm³/mol. The maximum atomic E-state index is 13.8. The van der Waals surface area contributed by atoms with Crippen molar-refractivity contribution >= 4 is 17.6 Å². The van der Waals surface area contributed by atoms with E-state index in [0.29, 0.717) is 5.56 Å². The highest BCUT2D eigenvalue weighted by Crippen LogP contribution is 2.16. The molecule has 0 saturated heterocycles. The van der Waals surface area contributed by atoms with Crippen molar-refractivity contribution in [2.24, 2.45) is 10.9 Å². The van der Waals surface area contributed by atoms with Crippen LogP contribution in [0.25, 0.3) is 0 Å². The summed E-state index contributed by atoms with van der Waals surface area (Å²) in [7, 11) is 0. The zero-order valence-electron chi connectivity index (χ0n) is 10.5. The van der Waals surface area contributed by atoms with Crippen molar-refractivity contribution in [2.75, 3.05) is 5.32 Å². The van der Waals surface area contributed by atoms with Gasteiger partial charge in [-0.1, -0.05) is 17.3 Å². The molecule has 0 saturated carbocycles. The Morgan fingerprint density at radius 3 is 2.95 bits per heavy atom. The van der Waals surface area contributed by atoms with Crippen LogP contribution in [0.4, 0.5) is 10.2 Å². The summed E-state index contributed by atoms with van der Waals surface area (Å²) in [6.45, 7) is 1.56. The number of nitrogens with one attached hydrogen (secondary N) is 2. The molecule has 2 rings (SSSR count). The lowest BCUT2D eigenvalue weighted by atomic mass is 10.1. The first-order valence-corrected chi connectivity index (χ1v) is 5.62. The Morgan fingerprint density at radius 1 is 1.50 bits per heavy atom. The van der Waals surface area contributed by atoms with Gasteiger partial charge in [-0.25, -0.2) is 4.39 Å². The maximum Gasteiger partial charge on any atom is 0.259 e. The van der Waals surface area contributed by atoms with Crippen LogP contribution in [-0.4, -0.2) is 27.1 Å². The number of hydrogen-bond donors (Lipinski definition) is 4. The van der Waals surface area contributed by atoms with Crippen molar-refractivity contribution in [3.05, 3.63) is 46.9 Å². The second kappa shape index (κ2) is 5.39. The number of benzene rings is 1. The highest BCUT2D eigenvalue weighted by atomic mass is 19.1. The number of halogens is 1. The Hall–Kier alpha value is -2.90. The first kappa shape index (κ1) is 13.5. The summed E-state index contributed by atoms with van der Waals surface area (Å²) in [5, 5.41) is 20.0. The number of nitrogens with two attached hydrogens (primary N) is 1. The normalized spacial score (nSPS) is 11.4. The van der Waals surface area contributed by atoms with Crippen LogP contribution in [0.15, 0.2) is 29.6 Å². The number of aryl methyl sites for hydroxylation is 1. The van der Waals surface area contributed by atoms with Gasteiger partial charge < -0.3 is 16.3 Å². The summed E-state index contributed by atoms with van der Waals surface area (Å²) in [4.78, 5) is 12.0. The van der Waals surface area contributed by atoms with Gasteiger partial charge in [-0.2, -0.15) is 5.10 Å². The molecule has 5 N–H and O–H groups in total. The minimum Gasteiger partial charge on any atom is -0.409 e. The van der Waals surface area contributed by atoms with Gasteiger partial charge in [-0.15, -0.1) is 0 Å². The van der Waals surface area contributed by atoms with Crippen LogP contribution in [0.3, 0.4) is 0 Å². The van der Waals surface area contributed by atoms with Gasteiger partial charge in [-0.05, 0) is 18.6 Å². The molecule has 104 valence electrons. The largest absolute Gasteiger partial charge is 0.409 e. The van der Waals surface area contributed by atoms with Crippen molar-refractivity contribution in [1.29, 1.82) is 0 Å². The molecule has 0 aliphatic heterocycles. The molecule has 1 heterocycles. The Kier molecular flexibility index (Phi) is 3.65. The smallest absolute Gasteiger partial charge is 0.259 e. The number of anilines is 1. The summed E-state index contributed by atoms with van der Waals surface area (Å²) in [6.07, 6.45) is 1.28. The summed E-state index contributed by atoms with van der Waals surface area (Å²) in [5.74, 6) is -1.37. The van der Waals surface area contributed by atoms with E-state index >= 15 is 0 Å².